The van der Waals surface area contributed by atoms with Crippen LogP contribution in [0.3, 0.4) is 0 Å². The average Bonchev–Trinajstić information content (AvgIpc) is 3.16. The van der Waals surface area contributed by atoms with Crippen LogP contribution in [0.4, 0.5) is 0 Å². The minimum absolute atomic E-state index is 0.207. The lowest BCUT2D eigenvalue weighted by Crippen LogP contribution is -2.42. The first-order chi connectivity index (χ1) is 12.0. The number of hydrazine groups is 1. The van der Waals surface area contributed by atoms with Crippen LogP contribution >= 0.6 is 15.9 Å². The monoisotopic (exact) mass is 402 g/mol. The van der Waals surface area contributed by atoms with Gasteiger partial charge in [-0.15, -0.1) is 0 Å². The van der Waals surface area contributed by atoms with E-state index in [2.05, 4.69) is 37.8 Å². The highest BCUT2D eigenvalue weighted by atomic mass is 79.9. The molecular weight excluding hydrogens is 384 g/mol. The number of carbonyl (C=O) groups is 2. The summed E-state index contributed by atoms with van der Waals surface area (Å²) in [5.41, 5.74) is 7.66. The van der Waals surface area contributed by atoms with E-state index in [0.717, 1.165) is 16.4 Å². The molecular formula is C18H19BrN4O2. The minimum Gasteiger partial charge on any atom is -0.361 e. The van der Waals surface area contributed by atoms with E-state index in [1.165, 1.54) is 10.9 Å². The third kappa shape index (κ3) is 4.11. The molecule has 0 aliphatic carbocycles. The van der Waals surface area contributed by atoms with E-state index < -0.39 is 0 Å². The highest BCUT2D eigenvalue weighted by Crippen LogP contribution is 2.19. The second-order valence-corrected chi connectivity index (χ2v) is 6.79. The molecule has 0 fully saturated rings. The van der Waals surface area contributed by atoms with Crippen molar-refractivity contribution in [2.24, 2.45) is 7.05 Å². The number of nitrogens with zero attached hydrogens (tertiary/aromatic N) is 1. The van der Waals surface area contributed by atoms with Crippen LogP contribution in [0.15, 0.2) is 47.2 Å². The number of halogens is 1. The Morgan fingerprint density at radius 3 is 2.80 bits per heavy atom. The molecule has 0 unspecified atom stereocenters. The fourth-order valence-corrected chi connectivity index (χ4v) is 3.30. The van der Waals surface area contributed by atoms with Gasteiger partial charge >= 0.3 is 0 Å². The molecule has 6 nitrogen and oxygen atoms in total. The molecule has 0 spiro atoms. The summed E-state index contributed by atoms with van der Waals surface area (Å²) in [5, 5.41) is 1.19. The molecule has 0 radical (unpaired) electrons. The van der Waals surface area contributed by atoms with Gasteiger partial charge in [-0.2, -0.15) is 0 Å². The van der Waals surface area contributed by atoms with Gasteiger partial charge in [0.05, 0.1) is 0 Å². The Morgan fingerprint density at radius 1 is 1.24 bits per heavy atom. The van der Waals surface area contributed by atoms with Gasteiger partial charge < -0.3 is 9.55 Å². The Hall–Kier alpha value is -2.54. The summed E-state index contributed by atoms with van der Waals surface area (Å²) in [7, 11) is 1.77. The number of aromatic amines is 1. The van der Waals surface area contributed by atoms with Crippen LogP contribution in [-0.4, -0.2) is 21.4 Å². The number of nitrogens with one attached hydrogen (secondary N) is 3. The number of rotatable bonds is 5. The molecule has 3 aromatic rings. The van der Waals surface area contributed by atoms with Crippen molar-refractivity contribution in [2.75, 3.05) is 0 Å². The lowest BCUT2D eigenvalue weighted by atomic mass is 10.1. The molecule has 3 N–H and O–H groups in total. The van der Waals surface area contributed by atoms with E-state index in [1.54, 1.807) is 23.9 Å². The Morgan fingerprint density at radius 2 is 2.04 bits per heavy atom. The molecule has 0 saturated carbocycles. The normalized spacial score (nSPS) is 10.8. The number of benzene rings is 1. The van der Waals surface area contributed by atoms with E-state index in [9.17, 15) is 9.59 Å². The molecule has 3 rings (SSSR count). The van der Waals surface area contributed by atoms with Crippen LogP contribution in [0, 0.1) is 0 Å². The Kier molecular flexibility index (Phi) is 5.23. The third-order valence-electron chi connectivity index (χ3n) is 4.04. The molecule has 0 saturated heterocycles. The van der Waals surface area contributed by atoms with Crippen LogP contribution in [0.25, 0.3) is 10.9 Å². The van der Waals surface area contributed by atoms with Crippen molar-refractivity contribution in [1.82, 2.24) is 20.4 Å². The van der Waals surface area contributed by atoms with E-state index in [4.69, 9.17) is 0 Å². The third-order valence-corrected chi connectivity index (χ3v) is 4.48. The van der Waals surface area contributed by atoms with Crippen LogP contribution in [0.1, 0.15) is 28.9 Å². The van der Waals surface area contributed by atoms with Crippen molar-refractivity contribution in [3.63, 3.8) is 0 Å². The molecule has 2 heterocycles. The predicted molar refractivity (Wildman–Crippen MR) is 100.0 cm³/mol. The number of aromatic nitrogens is 2. The smallest absolute Gasteiger partial charge is 0.286 e. The van der Waals surface area contributed by atoms with E-state index in [1.807, 2.05) is 24.4 Å². The number of hydrogen-bond acceptors (Lipinski definition) is 2. The second kappa shape index (κ2) is 7.57. The zero-order valence-corrected chi connectivity index (χ0v) is 15.4. The van der Waals surface area contributed by atoms with Gasteiger partial charge in [0.15, 0.2) is 0 Å². The van der Waals surface area contributed by atoms with E-state index >= 15 is 0 Å². The lowest BCUT2D eigenvalue weighted by molar-refractivity contribution is -0.121. The number of para-hydroxylation sites is 1. The molecule has 0 atom stereocenters. The number of amides is 2. The zero-order chi connectivity index (χ0) is 17.8. The molecule has 2 amide bonds. The Bertz CT molecular complexity index is 913. The molecule has 0 bridgehead atoms. The molecule has 25 heavy (non-hydrogen) atoms. The number of H-pyrrole nitrogens is 1. The quantitative estimate of drug-likeness (QED) is 0.573. The fraction of sp³-hybridized carbons (Fsp3) is 0.222. The lowest BCUT2D eigenvalue weighted by Gasteiger charge is -2.07. The maximum absolute atomic E-state index is 12.0. The summed E-state index contributed by atoms with van der Waals surface area (Å²) >= 11 is 3.31. The number of aryl methyl sites for hydroxylation is 2. The Balaban J connectivity index is 1.45. The summed E-state index contributed by atoms with van der Waals surface area (Å²) in [6.07, 6.45) is 5.61. The Labute approximate surface area is 153 Å². The summed E-state index contributed by atoms with van der Waals surface area (Å²) in [6, 6.07) is 9.79. The second-order valence-electron chi connectivity index (χ2n) is 5.87. The predicted octanol–water partition coefficient (Wildman–Crippen LogP) is 3.05. The van der Waals surface area contributed by atoms with Crippen LogP contribution < -0.4 is 10.9 Å². The summed E-state index contributed by atoms with van der Waals surface area (Å²) in [4.78, 5) is 27.2. The molecule has 130 valence electrons. The molecule has 2 aromatic heterocycles. The maximum Gasteiger partial charge on any atom is 0.286 e. The van der Waals surface area contributed by atoms with Gasteiger partial charge in [-0.3, -0.25) is 20.4 Å². The van der Waals surface area contributed by atoms with E-state index in [0.29, 0.717) is 18.5 Å². The average molecular weight is 403 g/mol. The topological polar surface area (TPSA) is 78.9 Å². The van der Waals surface area contributed by atoms with Crippen molar-refractivity contribution in [3.05, 3.63) is 58.5 Å². The van der Waals surface area contributed by atoms with Crippen LogP contribution in [0.5, 0.6) is 0 Å². The zero-order valence-electron chi connectivity index (χ0n) is 13.8. The first-order valence-corrected chi connectivity index (χ1v) is 8.80. The summed E-state index contributed by atoms with van der Waals surface area (Å²) < 4.78 is 2.49. The molecule has 0 aliphatic heterocycles. The van der Waals surface area contributed by atoms with Gasteiger partial charge in [0.1, 0.15) is 5.69 Å². The molecule has 7 heteroatoms. The summed E-state index contributed by atoms with van der Waals surface area (Å²) in [5.74, 6) is -0.556. The van der Waals surface area contributed by atoms with Gasteiger partial charge in [-0.1, -0.05) is 18.2 Å². The van der Waals surface area contributed by atoms with Crippen molar-refractivity contribution in [3.8, 4) is 0 Å². The van der Waals surface area contributed by atoms with Crippen molar-refractivity contribution < 1.29 is 9.59 Å². The molecule has 0 aliphatic rings. The van der Waals surface area contributed by atoms with Crippen molar-refractivity contribution in [2.45, 2.75) is 19.3 Å². The van der Waals surface area contributed by atoms with Crippen molar-refractivity contribution >= 4 is 38.6 Å². The van der Waals surface area contributed by atoms with Crippen molar-refractivity contribution in [1.29, 1.82) is 0 Å². The minimum atomic E-state index is -0.349. The number of fused-ring (bicyclic) bond motifs is 1. The summed E-state index contributed by atoms with van der Waals surface area (Å²) in [6.45, 7) is 0. The first-order valence-electron chi connectivity index (χ1n) is 8.00. The van der Waals surface area contributed by atoms with Gasteiger partial charge in [0, 0.05) is 41.2 Å². The maximum atomic E-state index is 12.0. The molecule has 1 aromatic carbocycles. The number of hydrogen-bond donors (Lipinski definition) is 3. The largest absolute Gasteiger partial charge is 0.361 e. The van der Waals surface area contributed by atoms with Gasteiger partial charge in [0.2, 0.25) is 5.91 Å². The SMILES string of the molecule is Cn1cc(Br)cc1C(=O)NNC(=O)CCCc1c[nH]c2ccccc12. The standard InChI is InChI=1S/C18H19BrN4O2/c1-23-11-13(19)9-16(23)18(25)22-21-17(24)8-4-5-12-10-20-15-7-3-2-6-14(12)15/h2-3,6-7,9-11,20H,4-5,8H2,1H3,(H,21,24)(H,22,25). The fourth-order valence-electron chi connectivity index (χ4n) is 2.78. The van der Waals surface area contributed by atoms with E-state index in [-0.39, 0.29) is 11.8 Å². The van der Waals surface area contributed by atoms with Gasteiger partial charge in [-0.25, -0.2) is 0 Å². The number of carbonyl (C=O) groups excluding carboxylic acids is 2. The highest BCUT2D eigenvalue weighted by molar-refractivity contribution is 9.10. The highest BCUT2D eigenvalue weighted by Gasteiger charge is 2.12. The van der Waals surface area contributed by atoms with Gasteiger partial charge in [0.25, 0.3) is 5.91 Å². The van der Waals surface area contributed by atoms with Crippen LogP contribution in [-0.2, 0) is 18.3 Å². The van der Waals surface area contributed by atoms with Crippen LogP contribution in [0.2, 0.25) is 0 Å². The van der Waals surface area contributed by atoms with Gasteiger partial charge in [-0.05, 0) is 46.5 Å². The first kappa shape index (κ1) is 17.3.